The van der Waals surface area contributed by atoms with E-state index >= 15 is 0 Å². The number of nitrogens with one attached hydrogen (secondary N) is 1. The number of aromatic nitrogens is 1. The van der Waals surface area contributed by atoms with Crippen LogP contribution in [0.25, 0.3) is 6.08 Å². The summed E-state index contributed by atoms with van der Waals surface area (Å²) < 4.78 is 0. The zero-order chi connectivity index (χ0) is 12.8. The lowest BCUT2D eigenvalue weighted by atomic mass is 10.1. The van der Waals surface area contributed by atoms with Gasteiger partial charge < -0.3 is 10.4 Å². The van der Waals surface area contributed by atoms with Crippen LogP contribution in [-0.2, 0) is 4.79 Å². The normalized spacial score (nSPS) is 10.8. The molecule has 0 aliphatic heterocycles. The van der Waals surface area contributed by atoms with Crippen LogP contribution in [0.15, 0.2) is 24.5 Å². The molecule has 0 spiro atoms. The van der Waals surface area contributed by atoms with Gasteiger partial charge in [-0.25, -0.2) is 4.79 Å². The highest BCUT2D eigenvalue weighted by Gasteiger charge is 2.10. The van der Waals surface area contributed by atoms with Gasteiger partial charge in [-0.3, -0.25) is 9.78 Å². The Morgan fingerprint density at radius 2 is 2.18 bits per heavy atom. The fourth-order valence-electron chi connectivity index (χ4n) is 1.25. The standard InChI is InChI=1S/C12H14N2O3/c1-8(2)14-12(17)10-5-6-13-7-9(10)3-4-11(15)16/h3-8H,1-2H3,(H,14,17)(H,15,16). The number of carboxylic acids is 1. The molecule has 0 bridgehead atoms. The maximum Gasteiger partial charge on any atom is 0.328 e. The zero-order valence-corrected chi connectivity index (χ0v) is 9.68. The van der Waals surface area contributed by atoms with E-state index in [1.807, 2.05) is 13.8 Å². The molecular weight excluding hydrogens is 220 g/mol. The number of carbonyl (C=O) groups excluding carboxylic acids is 1. The molecule has 2 N–H and O–H groups in total. The minimum absolute atomic E-state index is 0.0203. The number of hydrogen-bond acceptors (Lipinski definition) is 3. The van der Waals surface area contributed by atoms with Gasteiger partial charge in [-0.1, -0.05) is 0 Å². The van der Waals surface area contributed by atoms with Gasteiger partial charge in [0.1, 0.15) is 0 Å². The van der Waals surface area contributed by atoms with Gasteiger partial charge in [0.05, 0.1) is 0 Å². The van der Waals surface area contributed by atoms with E-state index in [0.29, 0.717) is 11.1 Å². The molecule has 0 aliphatic carbocycles. The number of hydrogen-bond donors (Lipinski definition) is 2. The third-order valence-corrected chi connectivity index (χ3v) is 1.92. The number of carbonyl (C=O) groups is 2. The fourth-order valence-corrected chi connectivity index (χ4v) is 1.25. The highest BCUT2D eigenvalue weighted by atomic mass is 16.4. The van der Waals surface area contributed by atoms with Crippen LogP contribution in [0.5, 0.6) is 0 Å². The average Bonchev–Trinajstić information content (AvgIpc) is 2.25. The Hall–Kier alpha value is -2.17. The molecule has 1 rings (SSSR count). The molecule has 0 aliphatic rings. The second kappa shape index (κ2) is 5.79. The summed E-state index contributed by atoms with van der Waals surface area (Å²) >= 11 is 0. The molecule has 0 fully saturated rings. The van der Waals surface area contributed by atoms with E-state index < -0.39 is 5.97 Å². The highest BCUT2D eigenvalue weighted by Crippen LogP contribution is 2.09. The van der Waals surface area contributed by atoms with Crippen molar-refractivity contribution >= 4 is 18.0 Å². The van der Waals surface area contributed by atoms with Crippen molar-refractivity contribution in [2.75, 3.05) is 0 Å². The largest absolute Gasteiger partial charge is 0.478 e. The molecule has 0 unspecified atom stereocenters. The molecule has 1 heterocycles. The Bertz CT molecular complexity index is 453. The number of amides is 1. The van der Waals surface area contributed by atoms with Crippen molar-refractivity contribution in [2.45, 2.75) is 19.9 Å². The molecule has 0 aromatic carbocycles. The van der Waals surface area contributed by atoms with E-state index in [0.717, 1.165) is 6.08 Å². The Morgan fingerprint density at radius 1 is 1.47 bits per heavy atom. The molecule has 0 saturated heterocycles. The second-order valence-corrected chi connectivity index (χ2v) is 3.76. The van der Waals surface area contributed by atoms with Gasteiger partial charge in [0.15, 0.2) is 0 Å². The molecule has 17 heavy (non-hydrogen) atoms. The van der Waals surface area contributed by atoms with Gasteiger partial charge in [0.2, 0.25) is 0 Å². The van der Waals surface area contributed by atoms with Crippen LogP contribution in [0.4, 0.5) is 0 Å². The summed E-state index contributed by atoms with van der Waals surface area (Å²) in [7, 11) is 0. The monoisotopic (exact) mass is 234 g/mol. The predicted octanol–water partition coefficient (Wildman–Crippen LogP) is 1.32. The SMILES string of the molecule is CC(C)NC(=O)c1ccncc1C=CC(=O)O. The van der Waals surface area contributed by atoms with Crippen LogP contribution in [0.2, 0.25) is 0 Å². The molecule has 1 aromatic rings. The van der Waals surface area contributed by atoms with Crippen molar-refractivity contribution < 1.29 is 14.7 Å². The second-order valence-electron chi connectivity index (χ2n) is 3.76. The van der Waals surface area contributed by atoms with E-state index in [1.165, 1.54) is 18.5 Å². The molecule has 0 radical (unpaired) electrons. The van der Waals surface area contributed by atoms with Crippen molar-refractivity contribution in [2.24, 2.45) is 0 Å². The maximum atomic E-state index is 11.8. The van der Waals surface area contributed by atoms with Crippen molar-refractivity contribution in [1.82, 2.24) is 10.3 Å². The molecule has 0 saturated carbocycles. The van der Waals surface area contributed by atoms with Crippen molar-refractivity contribution in [3.8, 4) is 0 Å². The summed E-state index contributed by atoms with van der Waals surface area (Å²) in [6.45, 7) is 3.71. The van der Waals surface area contributed by atoms with Crippen molar-refractivity contribution in [3.05, 3.63) is 35.7 Å². The molecule has 0 atom stereocenters. The van der Waals surface area contributed by atoms with Gasteiger partial charge in [0, 0.05) is 35.6 Å². The van der Waals surface area contributed by atoms with Crippen LogP contribution in [0, 0.1) is 0 Å². The quantitative estimate of drug-likeness (QED) is 0.770. The smallest absolute Gasteiger partial charge is 0.328 e. The van der Waals surface area contributed by atoms with Crippen LogP contribution >= 0.6 is 0 Å². The van der Waals surface area contributed by atoms with E-state index in [1.54, 1.807) is 6.07 Å². The lowest BCUT2D eigenvalue weighted by molar-refractivity contribution is -0.131. The van der Waals surface area contributed by atoms with E-state index in [-0.39, 0.29) is 11.9 Å². The first kappa shape index (κ1) is 12.9. The highest BCUT2D eigenvalue weighted by molar-refractivity contribution is 5.98. The van der Waals surface area contributed by atoms with Crippen molar-refractivity contribution in [1.29, 1.82) is 0 Å². The summed E-state index contributed by atoms with van der Waals surface area (Å²) in [4.78, 5) is 26.1. The topological polar surface area (TPSA) is 79.3 Å². The molecular formula is C12H14N2O3. The van der Waals surface area contributed by atoms with Crippen LogP contribution < -0.4 is 5.32 Å². The van der Waals surface area contributed by atoms with E-state index in [4.69, 9.17) is 5.11 Å². The maximum absolute atomic E-state index is 11.8. The molecule has 5 heteroatoms. The summed E-state index contributed by atoms with van der Waals surface area (Å²) in [6.07, 6.45) is 5.27. The molecule has 1 aromatic heterocycles. The first-order chi connectivity index (χ1) is 8.00. The first-order valence-electron chi connectivity index (χ1n) is 5.16. The number of carboxylic acid groups (broad SMARTS) is 1. The lowest BCUT2D eigenvalue weighted by Crippen LogP contribution is -2.30. The van der Waals surface area contributed by atoms with Crippen molar-refractivity contribution in [3.63, 3.8) is 0 Å². The first-order valence-corrected chi connectivity index (χ1v) is 5.16. The zero-order valence-electron chi connectivity index (χ0n) is 9.68. The van der Waals surface area contributed by atoms with Crippen LogP contribution in [-0.4, -0.2) is 28.0 Å². The Labute approximate surface area is 99.2 Å². The van der Waals surface area contributed by atoms with Crippen LogP contribution in [0.3, 0.4) is 0 Å². The third kappa shape index (κ3) is 4.06. The van der Waals surface area contributed by atoms with Gasteiger partial charge in [0.25, 0.3) is 5.91 Å². The number of nitrogens with zero attached hydrogens (tertiary/aromatic N) is 1. The minimum Gasteiger partial charge on any atom is -0.478 e. The van der Waals surface area contributed by atoms with Gasteiger partial charge in [-0.2, -0.15) is 0 Å². The summed E-state index contributed by atoms with van der Waals surface area (Å²) in [5.41, 5.74) is 0.888. The molecule has 5 nitrogen and oxygen atoms in total. The van der Waals surface area contributed by atoms with Gasteiger partial charge >= 0.3 is 5.97 Å². The van der Waals surface area contributed by atoms with Crippen LogP contribution in [0.1, 0.15) is 29.8 Å². The minimum atomic E-state index is -1.07. The number of aliphatic carboxylic acids is 1. The molecule has 1 amide bonds. The summed E-state index contributed by atoms with van der Waals surface area (Å²) in [6, 6.07) is 1.58. The van der Waals surface area contributed by atoms with Gasteiger partial charge in [-0.15, -0.1) is 0 Å². The Kier molecular flexibility index (Phi) is 4.39. The Morgan fingerprint density at radius 3 is 2.76 bits per heavy atom. The number of pyridine rings is 1. The molecule has 90 valence electrons. The summed E-state index contributed by atoms with van der Waals surface area (Å²) in [5, 5.41) is 11.3. The Balaban J connectivity index is 2.99. The van der Waals surface area contributed by atoms with E-state index in [2.05, 4.69) is 10.3 Å². The number of rotatable bonds is 4. The lowest BCUT2D eigenvalue weighted by Gasteiger charge is -2.09. The van der Waals surface area contributed by atoms with Gasteiger partial charge in [-0.05, 0) is 26.0 Å². The average molecular weight is 234 g/mol. The summed E-state index contributed by atoms with van der Waals surface area (Å²) in [5.74, 6) is -1.31. The fraction of sp³-hybridized carbons (Fsp3) is 0.250. The van der Waals surface area contributed by atoms with E-state index in [9.17, 15) is 9.59 Å². The third-order valence-electron chi connectivity index (χ3n) is 1.92. The predicted molar refractivity (Wildman–Crippen MR) is 63.5 cm³/mol.